The first-order valence-corrected chi connectivity index (χ1v) is 4.13. The minimum Gasteiger partial charge on any atom is -0.492 e. The fourth-order valence-electron chi connectivity index (χ4n) is 1.13. The zero-order valence-corrected chi connectivity index (χ0v) is 7.83. The summed E-state index contributed by atoms with van der Waals surface area (Å²) in [5, 5.41) is 7.16. The molecule has 3 nitrogen and oxygen atoms in total. The Morgan fingerprint density at radius 3 is 2.77 bits per heavy atom. The third-order valence-corrected chi connectivity index (χ3v) is 1.67. The first kappa shape index (κ1) is 9.58. The molecule has 1 N–H and O–H groups in total. The lowest BCUT2D eigenvalue weighted by atomic mass is 10.2. The molecular formula is C10H13NO2. The van der Waals surface area contributed by atoms with Gasteiger partial charge in [0.25, 0.3) is 0 Å². The van der Waals surface area contributed by atoms with Crippen molar-refractivity contribution in [3.05, 3.63) is 23.8 Å². The van der Waals surface area contributed by atoms with Crippen LogP contribution in [0.25, 0.3) is 0 Å². The average molecular weight is 179 g/mol. The Morgan fingerprint density at radius 2 is 2.23 bits per heavy atom. The predicted octanol–water partition coefficient (Wildman–Crippen LogP) is 2.09. The van der Waals surface area contributed by atoms with Gasteiger partial charge in [0.05, 0.1) is 13.7 Å². The van der Waals surface area contributed by atoms with Gasteiger partial charge < -0.3 is 14.9 Å². The summed E-state index contributed by atoms with van der Waals surface area (Å²) in [5.41, 5.74) is 0.730. The van der Waals surface area contributed by atoms with Crippen LogP contribution >= 0.6 is 0 Å². The van der Waals surface area contributed by atoms with Gasteiger partial charge in [-0.1, -0.05) is 6.07 Å². The second kappa shape index (κ2) is 4.50. The van der Waals surface area contributed by atoms with Crippen LogP contribution in [0.1, 0.15) is 12.5 Å². The molecule has 0 radical (unpaired) electrons. The van der Waals surface area contributed by atoms with Crippen molar-refractivity contribution >= 4 is 6.21 Å². The van der Waals surface area contributed by atoms with E-state index in [0.717, 1.165) is 5.56 Å². The molecule has 70 valence electrons. The van der Waals surface area contributed by atoms with E-state index in [-0.39, 0.29) is 0 Å². The van der Waals surface area contributed by atoms with E-state index in [1.807, 2.05) is 25.1 Å². The second-order valence-corrected chi connectivity index (χ2v) is 2.46. The van der Waals surface area contributed by atoms with Gasteiger partial charge in [-0.25, -0.2) is 0 Å². The summed E-state index contributed by atoms with van der Waals surface area (Å²) in [6.07, 6.45) is 1.25. The molecule has 0 aliphatic carbocycles. The van der Waals surface area contributed by atoms with E-state index >= 15 is 0 Å². The Balaban J connectivity index is 3.10. The van der Waals surface area contributed by atoms with E-state index in [9.17, 15) is 0 Å². The molecule has 0 unspecified atom stereocenters. The maximum Gasteiger partial charge on any atom is 0.169 e. The number of methoxy groups -OCH3 is 1. The van der Waals surface area contributed by atoms with Crippen molar-refractivity contribution in [2.24, 2.45) is 0 Å². The highest BCUT2D eigenvalue weighted by molar-refractivity contribution is 5.82. The minimum absolute atomic E-state index is 0.595. The SMILES string of the molecule is CCOc1cccc(C=N)c1OC. The summed E-state index contributed by atoms with van der Waals surface area (Å²) in [6, 6.07) is 5.48. The van der Waals surface area contributed by atoms with Crippen molar-refractivity contribution in [2.45, 2.75) is 6.92 Å². The lowest BCUT2D eigenvalue weighted by Gasteiger charge is -2.10. The number of rotatable bonds is 4. The Hall–Kier alpha value is -1.51. The molecule has 0 atom stereocenters. The van der Waals surface area contributed by atoms with Crippen LogP contribution in [0.15, 0.2) is 18.2 Å². The molecule has 1 aromatic carbocycles. The van der Waals surface area contributed by atoms with Gasteiger partial charge in [0.15, 0.2) is 11.5 Å². The average Bonchev–Trinajstić information content (AvgIpc) is 2.18. The second-order valence-electron chi connectivity index (χ2n) is 2.46. The molecule has 0 saturated carbocycles. The molecular weight excluding hydrogens is 166 g/mol. The Bertz CT molecular complexity index is 297. The molecule has 3 heteroatoms. The van der Waals surface area contributed by atoms with Crippen molar-refractivity contribution in [1.29, 1.82) is 5.41 Å². The zero-order chi connectivity index (χ0) is 9.68. The minimum atomic E-state index is 0.595. The fraction of sp³-hybridized carbons (Fsp3) is 0.300. The van der Waals surface area contributed by atoms with Gasteiger partial charge in [-0.2, -0.15) is 0 Å². The van der Waals surface area contributed by atoms with Crippen LogP contribution < -0.4 is 9.47 Å². The number of hydrogen-bond acceptors (Lipinski definition) is 3. The molecule has 0 heterocycles. The van der Waals surface area contributed by atoms with Crippen LogP contribution in [0.2, 0.25) is 0 Å². The number of ether oxygens (including phenoxy) is 2. The standard InChI is InChI=1S/C10H13NO2/c1-3-13-9-6-4-5-8(7-11)10(9)12-2/h4-7,11H,3H2,1-2H3. The number of hydrogen-bond donors (Lipinski definition) is 1. The van der Waals surface area contributed by atoms with Crippen molar-refractivity contribution in [2.75, 3.05) is 13.7 Å². The predicted molar refractivity (Wildman–Crippen MR) is 52.0 cm³/mol. The normalized spacial score (nSPS) is 9.38. The third kappa shape index (κ3) is 1.99. The van der Waals surface area contributed by atoms with Crippen LogP contribution in [0.3, 0.4) is 0 Å². The van der Waals surface area contributed by atoms with Gasteiger partial charge in [0.1, 0.15) is 0 Å². The van der Waals surface area contributed by atoms with E-state index < -0.39 is 0 Å². The van der Waals surface area contributed by atoms with Crippen molar-refractivity contribution in [3.8, 4) is 11.5 Å². The molecule has 13 heavy (non-hydrogen) atoms. The molecule has 0 amide bonds. The number of nitrogens with one attached hydrogen (secondary N) is 1. The maximum atomic E-state index is 7.16. The molecule has 0 fully saturated rings. The van der Waals surface area contributed by atoms with Gasteiger partial charge in [0, 0.05) is 11.8 Å². The molecule has 0 aromatic heterocycles. The van der Waals surface area contributed by atoms with Gasteiger partial charge >= 0.3 is 0 Å². The summed E-state index contributed by atoms with van der Waals surface area (Å²) in [6.45, 7) is 2.51. The monoisotopic (exact) mass is 179 g/mol. The smallest absolute Gasteiger partial charge is 0.169 e. The molecule has 0 aliphatic rings. The molecule has 0 aliphatic heterocycles. The highest BCUT2D eigenvalue weighted by Crippen LogP contribution is 2.29. The van der Waals surface area contributed by atoms with Gasteiger partial charge in [-0.15, -0.1) is 0 Å². The zero-order valence-electron chi connectivity index (χ0n) is 7.83. The first-order valence-electron chi connectivity index (χ1n) is 4.13. The molecule has 0 saturated heterocycles. The van der Waals surface area contributed by atoms with E-state index in [1.165, 1.54) is 6.21 Å². The number of benzene rings is 1. The fourth-order valence-corrected chi connectivity index (χ4v) is 1.13. The summed E-state index contributed by atoms with van der Waals surface area (Å²) in [5.74, 6) is 1.31. The summed E-state index contributed by atoms with van der Waals surface area (Å²) < 4.78 is 10.5. The van der Waals surface area contributed by atoms with Crippen molar-refractivity contribution < 1.29 is 9.47 Å². The van der Waals surface area contributed by atoms with Gasteiger partial charge in [0.2, 0.25) is 0 Å². The summed E-state index contributed by atoms with van der Waals surface area (Å²) >= 11 is 0. The van der Waals surface area contributed by atoms with Crippen LogP contribution in [0, 0.1) is 5.41 Å². The topological polar surface area (TPSA) is 42.3 Å². The van der Waals surface area contributed by atoms with E-state index in [2.05, 4.69) is 0 Å². The summed E-state index contributed by atoms with van der Waals surface area (Å²) in [7, 11) is 1.57. The summed E-state index contributed by atoms with van der Waals surface area (Å²) in [4.78, 5) is 0. The van der Waals surface area contributed by atoms with Gasteiger partial charge in [-0.05, 0) is 19.1 Å². The Morgan fingerprint density at radius 1 is 1.46 bits per heavy atom. The lowest BCUT2D eigenvalue weighted by molar-refractivity contribution is 0.310. The lowest BCUT2D eigenvalue weighted by Crippen LogP contribution is -1.97. The van der Waals surface area contributed by atoms with Crippen molar-refractivity contribution in [1.82, 2.24) is 0 Å². The highest BCUT2D eigenvalue weighted by Gasteiger charge is 2.06. The molecule has 1 aromatic rings. The first-order chi connectivity index (χ1) is 6.33. The maximum absolute atomic E-state index is 7.16. The van der Waals surface area contributed by atoms with E-state index in [4.69, 9.17) is 14.9 Å². The van der Waals surface area contributed by atoms with Crippen LogP contribution in [-0.2, 0) is 0 Å². The van der Waals surface area contributed by atoms with Crippen LogP contribution in [0.4, 0.5) is 0 Å². The third-order valence-electron chi connectivity index (χ3n) is 1.67. The molecule has 0 bridgehead atoms. The number of para-hydroxylation sites is 1. The van der Waals surface area contributed by atoms with E-state index in [0.29, 0.717) is 18.1 Å². The molecule has 1 rings (SSSR count). The largest absolute Gasteiger partial charge is 0.492 e. The Kier molecular flexibility index (Phi) is 3.31. The van der Waals surface area contributed by atoms with Crippen molar-refractivity contribution in [3.63, 3.8) is 0 Å². The quantitative estimate of drug-likeness (QED) is 0.719. The van der Waals surface area contributed by atoms with Crippen LogP contribution in [0.5, 0.6) is 11.5 Å². The Labute approximate surface area is 77.8 Å². The van der Waals surface area contributed by atoms with Gasteiger partial charge in [-0.3, -0.25) is 0 Å². The highest BCUT2D eigenvalue weighted by atomic mass is 16.5. The van der Waals surface area contributed by atoms with E-state index in [1.54, 1.807) is 7.11 Å². The van der Waals surface area contributed by atoms with Crippen LogP contribution in [-0.4, -0.2) is 19.9 Å². The molecule has 0 spiro atoms.